The van der Waals surface area contributed by atoms with Crippen LogP contribution in [0.1, 0.15) is 22.7 Å². The molecular formula is C29H24ClF3N2O3S. The first-order valence-electron chi connectivity index (χ1n) is 12.0. The molecule has 0 spiro atoms. The van der Waals surface area contributed by atoms with Crippen LogP contribution in [-0.4, -0.2) is 25.9 Å². The monoisotopic (exact) mass is 572 g/mol. The lowest BCUT2D eigenvalue weighted by molar-refractivity contribution is -0.137. The minimum Gasteiger partial charge on any atom is -0.457 e. The molecule has 1 aliphatic rings. The Bertz CT molecular complexity index is 1560. The third-order valence-corrected chi connectivity index (χ3v) is 8.60. The lowest BCUT2D eigenvalue weighted by Crippen LogP contribution is -2.31. The van der Waals surface area contributed by atoms with Gasteiger partial charge >= 0.3 is 6.18 Å². The van der Waals surface area contributed by atoms with Crippen molar-refractivity contribution in [3.63, 3.8) is 0 Å². The van der Waals surface area contributed by atoms with E-state index in [0.29, 0.717) is 27.8 Å². The van der Waals surface area contributed by atoms with Crippen LogP contribution < -0.4 is 9.64 Å². The van der Waals surface area contributed by atoms with Crippen molar-refractivity contribution in [3.8, 4) is 11.5 Å². The largest absolute Gasteiger partial charge is 0.457 e. The molecule has 0 bridgehead atoms. The summed E-state index contributed by atoms with van der Waals surface area (Å²) in [6, 6.07) is 24.7. The molecule has 1 fully saturated rings. The van der Waals surface area contributed by atoms with Gasteiger partial charge in [0, 0.05) is 17.3 Å². The van der Waals surface area contributed by atoms with Crippen LogP contribution in [0.2, 0.25) is 5.02 Å². The summed E-state index contributed by atoms with van der Waals surface area (Å²) in [5.74, 6) is 1.13. The predicted octanol–water partition coefficient (Wildman–Crippen LogP) is 7.67. The molecular weight excluding hydrogens is 549 g/mol. The molecule has 0 aromatic heterocycles. The van der Waals surface area contributed by atoms with Crippen LogP contribution >= 0.6 is 11.6 Å². The molecule has 4 aromatic carbocycles. The summed E-state index contributed by atoms with van der Waals surface area (Å²) in [6.07, 6.45) is -4.52. The van der Waals surface area contributed by atoms with E-state index in [1.807, 2.05) is 6.92 Å². The van der Waals surface area contributed by atoms with E-state index in [9.17, 15) is 21.6 Å². The molecule has 4 aromatic rings. The topological polar surface area (TPSA) is 49.9 Å². The minimum absolute atomic E-state index is 0.0133. The zero-order valence-electron chi connectivity index (χ0n) is 20.8. The SMILES string of the molecule is Cc1ccc(S(=O)(=O)N2CC(c3cccc(C(F)(F)F)c3)N(c3ccc(Oc4ccc(Cl)cc4)cc3)C2)cc1. The van der Waals surface area contributed by atoms with Gasteiger partial charge in [-0.2, -0.15) is 17.5 Å². The van der Waals surface area contributed by atoms with Crippen molar-refractivity contribution < 1.29 is 26.3 Å². The summed E-state index contributed by atoms with van der Waals surface area (Å²) >= 11 is 5.93. The second kappa shape index (κ2) is 10.6. The number of nitrogens with zero attached hydrogens (tertiary/aromatic N) is 2. The van der Waals surface area contributed by atoms with Crippen molar-refractivity contribution in [3.05, 3.63) is 119 Å². The number of ether oxygens (including phenoxy) is 1. The number of anilines is 1. The number of aryl methyl sites for hydroxylation is 1. The van der Waals surface area contributed by atoms with E-state index in [0.717, 1.165) is 17.7 Å². The Kier molecular flexibility index (Phi) is 7.33. The van der Waals surface area contributed by atoms with Crippen LogP contribution in [0.4, 0.5) is 18.9 Å². The van der Waals surface area contributed by atoms with Gasteiger partial charge in [0.25, 0.3) is 0 Å². The second-order valence-corrected chi connectivity index (χ2v) is 11.6. The third-order valence-electron chi connectivity index (χ3n) is 6.54. The van der Waals surface area contributed by atoms with Crippen molar-refractivity contribution in [1.29, 1.82) is 0 Å². The van der Waals surface area contributed by atoms with E-state index < -0.39 is 27.8 Å². The van der Waals surface area contributed by atoms with Crippen molar-refractivity contribution in [2.75, 3.05) is 18.1 Å². The number of rotatable bonds is 6. The van der Waals surface area contributed by atoms with Gasteiger partial charge in [0.05, 0.1) is 23.2 Å². The van der Waals surface area contributed by atoms with Crippen LogP contribution in [0.3, 0.4) is 0 Å². The Morgan fingerprint density at radius 2 is 1.49 bits per heavy atom. The maximum absolute atomic E-state index is 13.5. The molecule has 202 valence electrons. The van der Waals surface area contributed by atoms with Crippen LogP contribution in [0, 0.1) is 6.92 Å². The highest BCUT2D eigenvalue weighted by molar-refractivity contribution is 7.89. The average Bonchev–Trinajstić information content (AvgIpc) is 3.37. The Balaban J connectivity index is 1.48. The number of halogens is 4. The fraction of sp³-hybridized carbons (Fsp3) is 0.172. The summed E-state index contributed by atoms with van der Waals surface area (Å²) in [4.78, 5) is 1.91. The fourth-order valence-corrected chi connectivity index (χ4v) is 5.98. The molecule has 39 heavy (non-hydrogen) atoms. The van der Waals surface area contributed by atoms with Crippen LogP contribution in [0.15, 0.2) is 102 Å². The molecule has 0 N–H and O–H groups in total. The molecule has 5 rings (SSSR count). The van der Waals surface area contributed by atoms with Gasteiger partial charge in [0.2, 0.25) is 10.0 Å². The Hall–Kier alpha value is -3.53. The third kappa shape index (κ3) is 5.90. The minimum atomic E-state index is -4.52. The van der Waals surface area contributed by atoms with E-state index >= 15 is 0 Å². The van der Waals surface area contributed by atoms with Crippen LogP contribution in [0.25, 0.3) is 0 Å². The van der Waals surface area contributed by atoms with Gasteiger partial charge in [0.15, 0.2) is 0 Å². The van der Waals surface area contributed by atoms with Gasteiger partial charge in [-0.15, -0.1) is 0 Å². The Labute approximate surface area is 230 Å². The summed E-state index contributed by atoms with van der Waals surface area (Å²) in [6.45, 7) is 1.81. The van der Waals surface area contributed by atoms with E-state index in [1.165, 1.54) is 22.5 Å². The lowest BCUT2D eigenvalue weighted by atomic mass is 10.0. The molecule has 1 aliphatic heterocycles. The highest BCUT2D eigenvalue weighted by Crippen LogP contribution is 2.39. The van der Waals surface area contributed by atoms with E-state index in [-0.39, 0.29) is 18.1 Å². The fourth-order valence-electron chi connectivity index (χ4n) is 4.46. The van der Waals surface area contributed by atoms with Gasteiger partial charge in [0.1, 0.15) is 11.5 Å². The van der Waals surface area contributed by atoms with Crippen LogP contribution in [-0.2, 0) is 16.2 Å². The van der Waals surface area contributed by atoms with Crippen molar-refractivity contribution in [1.82, 2.24) is 4.31 Å². The van der Waals surface area contributed by atoms with Crippen LogP contribution in [0.5, 0.6) is 11.5 Å². The smallest absolute Gasteiger partial charge is 0.416 e. The molecule has 1 saturated heterocycles. The van der Waals surface area contributed by atoms with Gasteiger partial charge in [-0.05, 0) is 85.3 Å². The zero-order valence-corrected chi connectivity index (χ0v) is 22.3. The summed E-state index contributed by atoms with van der Waals surface area (Å²) in [5, 5.41) is 0.581. The normalized spacial score (nSPS) is 16.4. The standard InChI is InChI=1S/C29H24ClF3N2O3S/c1-20-5-15-27(16-6-20)39(36,37)34-18-28(21-3-2-4-22(17-21)29(31,32)33)35(19-34)24-9-13-26(14-10-24)38-25-11-7-23(30)8-12-25/h2-17,28H,18-19H2,1H3. The van der Waals surface area contributed by atoms with Gasteiger partial charge in [-0.25, -0.2) is 8.42 Å². The predicted molar refractivity (Wildman–Crippen MR) is 145 cm³/mol. The Morgan fingerprint density at radius 1 is 0.872 bits per heavy atom. The maximum Gasteiger partial charge on any atom is 0.416 e. The molecule has 0 aliphatic carbocycles. The lowest BCUT2D eigenvalue weighted by Gasteiger charge is -2.26. The second-order valence-electron chi connectivity index (χ2n) is 9.25. The first-order valence-corrected chi connectivity index (χ1v) is 13.9. The number of alkyl halides is 3. The summed E-state index contributed by atoms with van der Waals surface area (Å²) < 4.78 is 74.6. The summed E-state index contributed by atoms with van der Waals surface area (Å²) in [5.41, 5.74) is 1.14. The molecule has 1 unspecified atom stereocenters. The van der Waals surface area contributed by atoms with Crippen molar-refractivity contribution in [2.24, 2.45) is 0 Å². The number of hydrogen-bond donors (Lipinski definition) is 0. The molecule has 1 heterocycles. The van der Waals surface area contributed by atoms with Gasteiger partial charge in [-0.1, -0.05) is 41.4 Å². The first-order chi connectivity index (χ1) is 18.5. The molecule has 0 radical (unpaired) electrons. The zero-order chi connectivity index (χ0) is 27.8. The van der Waals surface area contributed by atoms with Crippen molar-refractivity contribution >= 4 is 27.3 Å². The average molecular weight is 573 g/mol. The first kappa shape index (κ1) is 27.1. The van der Waals surface area contributed by atoms with Gasteiger partial charge < -0.3 is 9.64 Å². The quantitative estimate of drug-likeness (QED) is 0.238. The van der Waals surface area contributed by atoms with E-state index in [1.54, 1.807) is 71.6 Å². The molecule has 0 saturated carbocycles. The van der Waals surface area contributed by atoms with Gasteiger partial charge in [-0.3, -0.25) is 0 Å². The van der Waals surface area contributed by atoms with Crippen molar-refractivity contribution in [2.45, 2.75) is 24.0 Å². The summed E-state index contributed by atoms with van der Waals surface area (Å²) in [7, 11) is -3.89. The number of hydrogen-bond acceptors (Lipinski definition) is 4. The van der Waals surface area contributed by atoms with E-state index in [2.05, 4.69) is 0 Å². The maximum atomic E-state index is 13.5. The highest BCUT2D eigenvalue weighted by Gasteiger charge is 2.40. The Morgan fingerprint density at radius 3 is 2.10 bits per heavy atom. The number of sulfonamides is 1. The number of benzene rings is 4. The molecule has 5 nitrogen and oxygen atoms in total. The molecule has 0 amide bonds. The van der Waals surface area contributed by atoms with E-state index in [4.69, 9.17) is 16.3 Å². The highest BCUT2D eigenvalue weighted by atomic mass is 35.5. The molecule has 1 atom stereocenters. The molecule has 10 heteroatoms.